The van der Waals surface area contributed by atoms with Crippen molar-refractivity contribution in [3.05, 3.63) is 0 Å². The van der Waals surface area contributed by atoms with Crippen LogP contribution in [0.15, 0.2) is 0 Å². The Labute approximate surface area is 195 Å². The largest absolute Gasteiger partial charge is 0.481 e. The van der Waals surface area contributed by atoms with Gasteiger partial charge in [-0.2, -0.15) is 0 Å². The van der Waals surface area contributed by atoms with E-state index in [1.807, 2.05) is 0 Å². The molecule has 0 radical (unpaired) electrons. The third-order valence-electron chi connectivity index (χ3n) is 0.907. The molecule has 0 aliphatic rings. The first-order valence-electron chi connectivity index (χ1n) is 4.69. The predicted molar refractivity (Wildman–Crippen MR) is 59.7 cm³/mol. The average molecular weight is 592 g/mol. The standard InChI is InChI=1S/3C3H4O4.2Ce/c3*4-2(5)1-3(6)7;;/h3*1H2,(H,4,5)(H,6,7);;. The van der Waals surface area contributed by atoms with E-state index in [1.165, 1.54) is 0 Å². The second kappa shape index (κ2) is 21.6. The minimum absolute atomic E-state index is 0. The number of carbonyl (C=O) groups is 6. The maximum Gasteiger partial charge on any atom is 0.314 e. The van der Waals surface area contributed by atoms with Crippen LogP contribution in [0.1, 0.15) is 19.3 Å². The van der Waals surface area contributed by atoms with Gasteiger partial charge in [-0.05, 0) is 0 Å². The van der Waals surface area contributed by atoms with Crippen molar-refractivity contribution >= 4 is 35.8 Å². The van der Waals surface area contributed by atoms with Crippen LogP contribution >= 0.6 is 0 Å². The van der Waals surface area contributed by atoms with Crippen LogP contribution in [0.5, 0.6) is 0 Å². The van der Waals surface area contributed by atoms with Gasteiger partial charge in [0.15, 0.2) is 0 Å². The van der Waals surface area contributed by atoms with Crippen molar-refractivity contribution in [3.8, 4) is 0 Å². The Morgan fingerprint density at radius 3 is 0.478 bits per heavy atom. The molecule has 0 aliphatic heterocycles. The van der Waals surface area contributed by atoms with Crippen molar-refractivity contribution in [2.24, 2.45) is 0 Å². The van der Waals surface area contributed by atoms with E-state index in [-0.39, 0.29) is 83.5 Å². The fourth-order valence-corrected chi connectivity index (χ4v) is 0.388. The molecule has 0 aliphatic carbocycles. The summed E-state index contributed by atoms with van der Waals surface area (Å²) in [6.45, 7) is 0. The summed E-state index contributed by atoms with van der Waals surface area (Å²) in [5.74, 6) is -7.88. The molecule has 0 fully saturated rings. The third-order valence-corrected chi connectivity index (χ3v) is 0.907. The first-order chi connectivity index (χ1) is 9.38. The fraction of sp³-hybridized carbons (Fsp3) is 0.333. The minimum Gasteiger partial charge on any atom is -0.481 e. The van der Waals surface area contributed by atoms with Gasteiger partial charge in [0.25, 0.3) is 0 Å². The Hall–Kier alpha value is -0.427. The van der Waals surface area contributed by atoms with E-state index in [9.17, 15) is 28.8 Å². The summed E-state index contributed by atoms with van der Waals surface area (Å²) < 4.78 is 0. The van der Waals surface area contributed by atoms with Gasteiger partial charge in [-0.1, -0.05) is 0 Å². The quantitative estimate of drug-likeness (QED) is 0.197. The Bertz CT molecular complexity index is 321. The summed E-state index contributed by atoms with van der Waals surface area (Å²) in [6.07, 6.45) is -2.42. The predicted octanol–water partition coefficient (Wildman–Crippen LogP) is -1.36. The number of carboxylic acid groups (broad SMARTS) is 6. The van der Waals surface area contributed by atoms with Crippen molar-refractivity contribution in [2.45, 2.75) is 19.3 Å². The van der Waals surface area contributed by atoms with Crippen LogP contribution in [0.3, 0.4) is 0 Å². The zero-order valence-corrected chi connectivity index (χ0v) is 17.5. The van der Waals surface area contributed by atoms with Gasteiger partial charge in [-0.25, -0.2) is 0 Å². The molecule has 23 heavy (non-hydrogen) atoms. The normalized spacial score (nSPS) is 7.30. The zero-order chi connectivity index (χ0) is 17.6. The van der Waals surface area contributed by atoms with E-state index in [1.54, 1.807) is 0 Å². The Morgan fingerprint density at radius 2 is 0.478 bits per heavy atom. The molecule has 0 heterocycles. The molecule has 128 valence electrons. The Kier molecular flexibility index (Phi) is 31.9. The molecule has 6 N–H and O–H groups in total. The molecule has 0 aromatic rings. The van der Waals surface area contributed by atoms with Gasteiger partial charge >= 0.3 is 35.8 Å². The van der Waals surface area contributed by atoms with Crippen LogP contribution in [-0.4, -0.2) is 66.5 Å². The SMILES string of the molecule is O=C(O)CC(=O)O.O=C(O)CC(=O)O.O=C(O)CC(=O)O.[Ce].[Ce]. The van der Waals surface area contributed by atoms with E-state index in [4.69, 9.17) is 30.6 Å². The molecular formula is C9H12Ce2O12. The number of carboxylic acids is 6. The van der Waals surface area contributed by atoms with E-state index < -0.39 is 55.1 Å². The Balaban J connectivity index is -0.0000000675. The summed E-state index contributed by atoms with van der Waals surface area (Å²) in [5, 5.41) is 46.2. The van der Waals surface area contributed by atoms with E-state index >= 15 is 0 Å². The molecule has 0 rings (SSSR count). The van der Waals surface area contributed by atoms with Crippen LogP contribution < -0.4 is 0 Å². The van der Waals surface area contributed by atoms with Crippen molar-refractivity contribution < 1.29 is 143 Å². The van der Waals surface area contributed by atoms with E-state index in [0.717, 1.165) is 0 Å². The van der Waals surface area contributed by atoms with Gasteiger partial charge < -0.3 is 30.6 Å². The molecule has 0 unspecified atom stereocenters. The topological polar surface area (TPSA) is 224 Å². The maximum absolute atomic E-state index is 9.43. The first kappa shape index (κ1) is 34.0. The number of hydrogen-bond acceptors (Lipinski definition) is 6. The Morgan fingerprint density at radius 1 is 0.391 bits per heavy atom. The van der Waals surface area contributed by atoms with E-state index in [2.05, 4.69) is 0 Å². The van der Waals surface area contributed by atoms with Crippen LogP contribution in [0.4, 0.5) is 0 Å². The zero-order valence-electron chi connectivity index (χ0n) is 11.3. The molecular weight excluding hydrogens is 580 g/mol. The van der Waals surface area contributed by atoms with E-state index in [0.29, 0.717) is 0 Å². The maximum atomic E-state index is 9.43. The molecule has 0 spiro atoms. The van der Waals surface area contributed by atoms with Crippen molar-refractivity contribution in [2.75, 3.05) is 0 Å². The second-order valence-corrected chi connectivity index (χ2v) is 2.89. The van der Waals surface area contributed by atoms with Gasteiger partial charge in [0.1, 0.15) is 19.3 Å². The van der Waals surface area contributed by atoms with Crippen molar-refractivity contribution in [3.63, 3.8) is 0 Å². The van der Waals surface area contributed by atoms with Crippen LogP contribution in [0, 0.1) is 83.5 Å². The summed E-state index contributed by atoms with van der Waals surface area (Å²) in [4.78, 5) is 56.6. The minimum atomic E-state index is -1.31. The molecule has 0 aromatic heterocycles. The third kappa shape index (κ3) is 61.7. The fourth-order valence-electron chi connectivity index (χ4n) is 0.388. The van der Waals surface area contributed by atoms with Crippen LogP contribution in [0.25, 0.3) is 0 Å². The molecule has 0 saturated carbocycles. The van der Waals surface area contributed by atoms with Gasteiger partial charge in [0, 0.05) is 83.5 Å². The molecule has 0 atom stereocenters. The molecule has 0 aromatic carbocycles. The molecule has 14 heteroatoms. The van der Waals surface area contributed by atoms with Gasteiger partial charge in [0.2, 0.25) is 0 Å². The number of hydrogen-bond donors (Lipinski definition) is 6. The first-order valence-corrected chi connectivity index (χ1v) is 4.69. The summed E-state index contributed by atoms with van der Waals surface area (Å²) >= 11 is 0. The number of rotatable bonds is 6. The number of aliphatic carboxylic acids is 6. The van der Waals surface area contributed by atoms with Gasteiger partial charge in [-0.3, -0.25) is 28.8 Å². The van der Waals surface area contributed by atoms with Gasteiger partial charge in [-0.15, -0.1) is 0 Å². The average Bonchev–Trinajstić information content (AvgIpc) is 2.10. The van der Waals surface area contributed by atoms with Crippen molar-refractivity contribution in [1.29, 1.82) is 0 Å². The molecule has 0 bridgehead atoms. The second-order valence-electron chi connectivity index (χ2n) is 2.89. The molecule has 0 amide bonds. The van der Waals surface area contributed by atoms with Crippen LogP contribution in [0.2, 0.25) is 0 Å². The van der Waals surface area contributed by atoms with Crippen molar-refractivity contribution in [1.82, 2.24) is 0 Å². The molecule has 12 nitrogen and oxygen atoms in total. The summed E-state index contributed by atoms with van der Waals surface area (Å²) in [6, 6.07) is 0. The summed E-state index contributed by atoms with van der Waals surface area (Å²) in [7, 11) is 0. The molecule has 0 saturated heterocycles. The smallest absolute Gasteiger partial charge is 0.314 e. The van der Waals surface area contributed by atoms with Crippen LogP contribution in [-0.2, 0) is 28.8 Å². The monoisotopic (exact) mass is 592 g/mol. The van der Waals surface area contributed by atoms with Gasteiger partial charge in [0.05, 0.1) is 0 Å². The summed E-state index contributed by atoms with van der Waals surface area (Å²) in [5.41, 5.74) is 0.